The molecule has 0 bridgehead atoms. The average molecular weight is 292 g/mol. The molecule has 2 fully saturated rings. The molecule has 1 aliphatic heterocycles. The summed E-state index contributed by atoms with van der Waals surface area (Å²) >= 11 is 1.67. The molecule has 2 aliphatic rings. The lowest BCUT2D eigenvalue weighted by Crippen LogP contribution is -2.69. The van der Waals surface area contributed by atoms with Gasteiger partial charge in [-0.05, 0) is 48.6 Å². The van der Waals surface area contributed by atoms with Crippen molar-refractivity contribution in [2.24, 2.45) is 0 Å². The quantitative estimate of drug-likeness (QED) is 0.925. The number of amides is 2. The van der Waals surface area contributed by atoms with E-state index in [1.165, 1.54) is 5.56 Å². The lowest BCUT2D eigenvalue weighted by molar-refractivity contribution is -0.156. The summed E-state index contributed by atoms with van der Waals surface area (Å²) in [5, 5.41) is 7.02. The molecule has 2 amide bonds. The molecule has 4 nitrogen and oxygen atoms in total. The van der Waals surface area contributed by atoms with Crippen molar-refractivity contribution in [1.82, 2.24) is 10.2 Å². The Labute approximate surface area is 123 Å². The smallest absolute Gasteiger partial charge is 0.246 e. The SMILES string of the molecule is CC1NC(=O)C2(CCCC2)N(CCc2ccsc2)C1=O. The number of hydrogen-bond acceptors (Lipinski definition) is 3. The first-order valence-corrected chi connectivity index (χ1v) is 8.21. The zero-order valence-corrected chi connectivity index (χ0v) is 12.5. The van der Waals surface area contributed by atoms with Crippen molar-refractivity contribution < 1.29 is 9.59 Å². The molecule has 1 saturated carbocycles. The highest BCUT2D eigenvalue weighted by molar-refractivity contribution is 7.07. The maximum atomic E-state index is 12.5. The third-order valence-electron chi connectivity index (χ3n) is 4.56. The van der Waals surface area contributed by atoms with Crippen LogP contribution in [-0.2, 0) is 16.0 Å². The third-order valence-corrected chi connectivity index (χ3v) is 5.29. The molecule has 0 radical (unpaired) electrons. The van der Waals surface area contributed by atoms with Crippen LogP contribution >= 0.6 is 11.3 Å². The Hall–Kier alpha value is -1.36. The van der Waals surface area contributed by atoms with Crippen LogP contribution in [0.2, 0.25) is 0 Å². The van der Waals surface area contributed by atoms with Gasteiger partial charge in [-0.1, -0.05) is 12.8 Å². The van der Waals surface area contributed by atoms with Crippen LogP contribution in [0.1, 0.15) is 38.2 Å². The van der Waals surface area contributed by atoms with Crippen LogP contribution in [0.5, 0.6) is 0 Å². The minimum Gasteiger partial charge on any atom is -0.343 e. The number of nitrogens with zero attached hydrogens (tertiary/aromatic N) is 1. The van der Waals surface area contributed by atoms with E-state index in [9.17, 15) is 9.59 Å². The van der Waals surface area contributed by atoms with Gasteiger partial charge in [0.25, 0.3) is 0 Å². The zero-order valence-electron chi connectivity index (χ0n) is 11.7. The standard InChI is InChI=1S/C15H20N2O2S/c1-11-13(18)17(8-4-12-5-9-20-10-12)15(14(19)16-11)6-2-3-7-15/h5,9-11H,2-4,6-8H2,1H3,(H,16,19). The molecule has 1 aromatic heterocycles. The van der Waals surface area contributed by atoms with Crippen LogP contribution in [0.15, 0.2) is 16.8 Å². The summed E-state index contributed by atoms with van der Waals surface area (Å²) in [7, 11) is 0. The fraction of sp³-hybridized carbons (Fsp3) is 0.600. The van der Waals surface area contributed by atoms with Gasteiger partial charge in [0.2, 0.25) is 11.8 Å². The Balaban J connectivity index is 1.82. The topological polar surface area (TPSA) is 49.4 Å². The molecule has 1 saturated heterocycles. The molecule has 5 heteroatoms. The first-order chi connectivity index (χ1) is 9.63. The first kappa shape index (κ1) is 13.6. The Morgan fingerprint density at radius 1 is 1.40 bits per heavy atom. The van der Waals surface area contributed by atoms with Crippen LogP contribution in [0.25, 0.3) is 0 Å². The van der Waals surface area contributed by atoms with E-state index in [1.807, 2.05) is 10.3 Å². The molecule has 1 aliphatic carbocycles. The molecule has 1 aromatic rings. The highest BCUT2D eigenvalue weighted by Crippen LogP contribution is 2.38. The predicted molar refractivity (Wildman–Crippen MR) is 78.5 cm³/mol. The van der Waals surface area contributed by atoms with Crippen molar-refractivity contribution in [3.05, 3.63) is 22.4 Å². The van der Waals surface area contributed by atoms with E-state index >= 15 is 0 Å². The fourth-order valence-electron chi connectivity index (χ4n) is 3.42. The normalized spacial score (nSPS) is 25.2. The molecule has 108 valence electrons. The van der Waals surface area contributed by atoms with E-state index in [-0.39, 0.29) is 11.8 Å². The number of thiophene rings is 1. The van der Waals surface area contributed by atoms with Gasteiger partial charge in [-0.2, -0.15) is 11.3 Å². The summed E-state index contributed by atoms with van der Waals surface area (Å²) in [5.41, 5.74) is 0.675. The van der Waals surface area contributed by atoms with Crippen LogP contribution < -0.4 is 5.32 Å². The largest absolute Gasteiger partial charge is 0.343 e. The van der Waals surface area contributed by atoms with Crippen molar-refractivity contribution in [2.75, 3.05) is 6.54 Å². The van der Waals surface area contributed by atoms with Crippen LogP contribution in [0, 0.1) is 0 Å². The Bertz CT molecular complexity index is 506. The second kappa shape index (κ2) is 5.20. The molecular formula is C15H20N2O2S. The number of piperazine rings is 1. The Morgan fingerprint density at radius 3 is 2.80 bits per heavy atom. The summed E-state index contributed by atoms with van der Waals surface area (Å²) in [6.45, 7) is 2.42. The number of carbonyl (C=O) groups is 2. The van der Waals surface area contributed by atoms with E-state index in [4.69, 9.17) is 0 Å². The zero-order chi connectivity index (χ0) is 14.2. The third kappa shape index (κ3) is 2.14. The highest BCUT2D eigenvalue weighted by atomic mass is 32.1. The van der Waals surface area contributed by atoms with Crippen molar-refractivity contribution in [3.8, 4) is 0 Å². The van der Waals surface area contributed by atoms with Crippen molar-refractivity contribution in [3.63, 3.8) is 0 Å². The predicted octanol–water partition coefficient (Wildman–Crippen LogP) is 1.95. The van der Waals surface area contributed by atoms with Gasteiger partial charge in [0.05, 0.1) is 0 Å². The van der Waals surface area contributed by atoms with Crippen LogP contribution in [0.4, 0.5) is 0 Å². The summed E-state index contributed by atoms with van der Waals surface area (Å²) in [5.74, 6) is 0.120. The Kier molecular flexibility index (Phi) is 3.54. The number of hydrogen-bond donors (Lipinski definition) is 1. The van der Waals surface area contributed by atoms with E-state index in [0.29, 0.717) is 6.54 Å². The molecule has 0 aromatic carbocycles. The summed E-state index contributed by atoms with van der Waals surface area (Å²) in [4.78, 5) is 26.8. The van der Waals surface area contributed by atoms with Gasteiger partial charge >= 0.3 is 0 Å². The second-order valence-electron chi connectivity index (χ2n) is 5.81. The molecule has 1 spiro atoms. The van der Waals surface area contributed by atoms with Crippen molar-refractivity contribution in [2.45, 2.75) is 50.6 Å². The lowest BCUT2D eigenvalue weighted by atomic mass is 9.89. The molecule has 1 N–H and O–H groups in total. The number of nitrogens with one attached hydrogen (secondary N) is 1. The first-order valence-electron chi connectivity index (χ1n) is 7.27. The molecular weight excluding hydrogens is 272 g/mol. The molecule has 20 heavy (non-hydrogen) atoms. The summed E-state index contributed by atoms with van der Waals surface area (Å²) in [6, 6.07) is 1.69. The van der Waals surface area contributed by atoms with Gasteiger partial charge in [-0.3, -0.25) is 9.59 Å². The van der Waals surface area contributed by atoms with Gasteiger partial charge in [-0.15, -0.1) is 0 Å². The van der Waals surface area contributed by atoms with Gasteiger partial charge in [-0.25, -0.2) is 0 Å². The highest BCUT2D eigenvalue weighted by Gasteiger charge is 2.52. The van der Waals surface area contributed by atoms with Crippen LogP contribution in [0.3, 0.4) is 0 Å². The Morgan fingerprint density at radius 2 is 2.15 bits per heavy atom. The molecule has 2 heterocycles. The fourth-order valence-corrected chi connectivity index (χ4v) is 4.12. The van der Waals surface area contributed by atoms with Gasteiger partial charge in [0.1, 0.15) is 11.6 Å². The molecule has 1 unspecified atom stereocenters. The van der Waals surface area contributed by atoms with Gasteiger partial charge < -0.3 is 10.2 Å². The number of rotatable bonds is 3. The van der Waals surface area contributed by atoms with Crippen molar-refractivity contribution in [1.29, 1.82) is 0 Å². The minimum absolute atomic E-state index is 0.0485. The average Bonchev–Trinajstić information content (AvgIpc) is 3.08. The maximum absolute atomic E-state index is 12.5. The summed E-state index contributed by atoms with van der Waals surface area (Å²) in [6.07, 6.45) is 4.51. The second-order valence-corrected chi connectivity index (χ2v) is 6.59. The van der Waals surface area contributed by atoms with Gasteiger partial charge in [0.15, 0.2) is 0 Å². The van der Waals surface area contributed by atoms with E-state index < -0.39 is 11.6 Å². The van der Waals surface area contributed by atoms with Crippen molar-refractivity contribution >= 4 is 23.2 Å². The maximum Gasteiger partial charge on any atom is 0.246 e. The van der Waals surface area contributed by atoms with Gasteiger partial charge in [0, 0.05) is 6.54 Å². The van der Waals surface area contributed by atoms with E-state index in [0.717, 1.165) is 32.1 Å². The molecule has 3 rings (SSSR count). The van der Waals surface area contributed by atoms with Crippen LogP contribution in [-0.4, -0.2) is 34.8 Å². The lowest BCUT2D eigenvalue weighted by Gasteiger charge is -2.45. The molecule has 1 atom stereocenters. The number of carbonyl (C=O) groups excluding carboxylic acids is 2. The van der Waals surface area contributed by atoms with E-state index in [2.05, 4.69) is 16.8 Å². The monoisotopic (exact) mass is 292 g/mol. The van der Waals surface area contributed by atoms with E-state index in [1.54, 1.807) is 18.3 Å². The summed E-state index contributed by atoms with van der Waals surface area (Å²) < 4.78 is 0. The minimum atomic E-state index is -0.570.